The van der Waals surface area contributed by atoms with Gasteiger partial charge in [0, 0.05) is 23.5 Å². The van der Waals surface area contributed by atoms with E-state index in [1.54, 1.807) is 7.05 Å². The highest BCUT2D eigenvalue weighted by molar-refractivity contribution is 6.07. The first-order chi connectivity index (χ1) is 13.1. The van der Waals surface area contributed by atoms with E-state index in [4.69, 9.17) is 0 Å². The third-order valence-electron chi connectivity index (χ3n) is 4.46. The Balaban J connectivity index is 1.50. The van der Waals surface area contributed by atoms with E-state index in [0.29, 0.717) is 5.69 Å². The number of para-hydroxylation sites is 1. The fourth-order valence-electron chi connectivity index (χ4n) is 3.12. The van der Waals surface area contributed by atoms with Crippen molar-refractivity contribution < 1.29 is 9.59 Å². The van der Waals surface area contributed by atoms with Crippen molar-refractivity contribution in [2.75, 3.05) is 18.9 Å². The standard InChI is InChI=1S/C21H18N4O2/c1-25(21(27)20-16-10-4-5-11-18(16)23-24-20)13-19(26)22-17-12-6-8-14-7-2-3-9-15(14)17/h2-12H,13H2,1H3,(H,22,26)(H,23,24). The van der Waals surface area contributed by atoms with Crippen molar-refractivity contribution >= 4 is 39.2 Å². The number of hydrogen-bond acceptors (Lipinski definition) is 3. The molecule has 0 radical (unpaired) electrons. The van der Waals surface area contributed by atoms with E-state index in [1.165, 1.54) is 4.90 Å². The highest BCUT2D eigenvalue weighted by atomic mass is 16.2. The molecule has 0 saturated carbocycles. The SMILES string of the molecule is CN(CC(=O)Nc1cccc2ccccc12)C(=O)c1n[nH]c2ccccc12. The van der Waals surface area contributed by atoms with Crippen molar-refractivity contribution in [3.05, 3.63) is 72.4 Å². The van der Waals surface area contributed by atoms with Crippen LogP contribution in [0.1, 0.15) is 10.5 Å². The summed E-state index contributed by atoms with van der Waals surface area (Å²) < 4.78 is 0. The number of nitrogens with zero attached hydrogens (tertiary/aromatic N) is 2. The van der Waals surface area contributed by atoms with Gasteiger partial charge in [0.05, 0.1) is 12.1 Å². The third-order valence-corrected chi connectivity index (χ3v) is 4.46. The number of carbonyl (C=O) groups excluding carboxylic acids is 2. The van der Waals surface area contributed by atoms with E-state index < -0.39 is 0 Å². The number of likely N-dealkylation sites (N-methyl/N-ethyl adjacent to an activating group) is 1. The summed E-state index contributed by atoms with van der Waals surface area (Å²) in [5.41, 5.74) is 1.82. The molecule has 0 aliphatic rings. The summed E-state index contributed by atoms with van der Waals surface area (Å²) in [6, 6.07) is 21.0. The van der Waals surface area contributed by atoms with Crippen LogP contribution in [0.25, 0.3) is 21.7 Å². The summed E-state index contributed by atoms with van der Waals surface area (Å²) in [7, 11) is 1.59. The summed E-state index contributed by atoms with van der Waals surface area (Å²) in [4.78, 5) is 26.5. The monoisotopic (exact) mass is 358 g/mol. The first kappa shape index (κ1) is 16.8. The number of nitrogens with one attached hydrogen (secondary N) is 2. The molecule has 1 aromatic heterocycles. The molecule has 0 fully saturated rings. The van der Waals surface area contributed by atoms with Crippen LogP contribution in [0, 0.1) is 0 Å². The van der Waals surface area contributed by atoms with Gasteiger partial charge in [-0.25, -0.2) is 0 Å². The van der Waals surface area contributed by atoms with Gasteiger partial charge >= 0.3 is 0 Å². The van der Waals surface area contributed by atoms with Gasteiger partial charge in [-0.15, -0.1) is 0 Å². The van der Waals surface area contributed by atoms with Gasteiger partial charge in [0.2, 0.25) is 5.91 Å². The number of aromatic nitrogens is 2. The second-order valence-corrected chi connectivity index (χ2v) is 6.35. The van der Waals surface area contributed by atoms with Gasteiger partial charge in [-0.05, 0) is 17.5 Å². The maximum atomic E-state index is 12.7. The van der Waals surface area contributed by atoms with Gasteiger partial charge in [0.15, 0.2) is 5.69 Å². The molecule has 0 saturated heterocycles. The van der Waals surface area contributed by atoms with E-state index >= 15 is 0 Å². The molecule has 0 aliphatic carbocycles. The molecule has 6 nitrogen and oxygen atoms in total. The number of benzene rings is 3. The number of carbonyl (C=O) groups is 2. The Hall–Kier alpha value is -3.67. The van der Waals surface area contributed by atoms with Gasteiger partial charge in [0.1, 0.15) is 0 Å². The van der Waals surface area contributed by atoms with E-state index in [2.05, 4.69) is 15.5 Å². The molecule has 1 heterocycles. The Kier molecular flexibility index (Phi) is 4.30. The van der Waals surface area contributed by atoms with Gasteiger partial charge in [-0.1, -0.05) is 54.6 Å². The first-order valence-corrected chi connectivity index (χ1v) is 8.59. The van der Waals surface area contributed by atoms with Crippen molar-refractivity contribution in [3.63, 3.8) is 0 Å². The molecular formula is C21H18N4O2. The molecule has 0 spiro atoms. The zero-order chi connectivity index (χ0) is 18.8. The van der Waals surface area contributed by atoms with Crippen LogP contribution in [0.3, 0.4) is 0 Å². The summed E-state index contributed by atoms with van der Waals surface area (Å²) >= 11 is 0. The lowest BCUT2D eigenvalue weighted by Gasteiger charge is -2.16. The van der Waals surface area contributed by atoms with Gasteiger partial charge in [-0.3, -0.25) is 14.7 Å². The molecule has 2 amide bonds. The molecule has 0 bridgehead atoms. The van der Waals surface area contributed by atoms with Crippen molar-refractivity contribution in [3.8, 4) is 0 Å². The van der Waals surface area contributed by atoms with Crippen LogP contribution in [0.4, 0.5) is 5.69 Å². The zero-order valence-electron chi connectivity index (χ0n) is 14.8. The topological polar surface area (TPSA) is 78.1 Å². The Bertz CT molecular complexity index is 1140. The maximum Gasteiger partial charge on any atom is 0.275 e. The fraction of sp³-hybridized carbons (Fsp3) is 0.0952. The average molecular weight is 358 g/mol. The van der Waals surface area contributed by atoms with Gasteiger partial charge < -0.3 is 10.2 Å². The van der Waals surface area contributed by atoms with Crippen LogP contribution < -0.4 is 5.32 Å². The summed E-state index contributed by atoms with van der Waals surface area (Å²) in [6.07, 6.45) is 0. The molecular weight excluding hydrogens is 340 g/mol. The van der Waals surface area contributed by atoms with Crippen LogP contribution in [0.15, 0.2) is 66.7 Å². The largest absolute Gasteiger partial charge is 0.331 e. The summed E-state index contributed by atoms with van der Waals surface area (Å²) in [5, 5.41) is 12.6. The van der Waals surface area contributed by atoms with E-state index in [1.807, 2.05) is 66.7 Å². The van der Waals surface area contributed by atoms with Crippen molar-refractivity contribution in [2.24, 2.45) is 0 Å². The molecule has 4 rings (SSSR count). The Morgan fingerprint density at radius 2 is 1.67 bits per heavy atom. The minimum Gasteiger partial charge on any atom is -0.331 e. The highest BCUT2D eigenvalue weighted by Crippen LogP contribution is 2.23. The van der Waals surface area contributed by atoms with Crippen LogP contribution >= 0.6 is 0 Å². The van der Waals surface area contributed by atoms with E-state index in [0.717, 1.165) is 27.4 Å². The van der Waals surface area contributed by atoms with Crippen LogP contribution in [0.5, 0.6) is 0 Å². The Morgan fingerprint density at radius 1 is 0.963 bits per heavy atom. The molecule has 4 aromatic rings. The van der Waals surface area contributed by atoms with E-state index in [-0.39, 0.29) is 18.4 Å². The molecule has 0 unspecified atom stereocenters. The lowest BCUT2D eigenvalue weighted by Crippen LogP contribution is -2.35. The quantitative estimate of drug-likeness (QED) is 0.587. The molecule has 134 valence electrons. The molecule has 3 aromatic carbocycles. The smallest absolute Gasteiger partial charge is 0.275 e. The summed E-state index contributed by atoms with van der Waals surface area (Å²) in [6.45, 7) is -0.0662. The van der Waals surface area contributed by atoms with Crippen LogP contribution in [-0.2, 0) is 4.79 Å². The fourth-order valence-corrected chi connectivity index (χ4v) is 3.12. The second-order valence-electron chi connectivity index (χ2n) is 6.35. The van der Waals surface area contributed by atoms with Crippen LogP contribution in [0.2, 0.25) is 0 Å². The van der Waals surface area contributed by atoms with Crippen molar-refractivity contribution in [2.45, 2.75) is 0 Å². The number of rotatable bonds is 4. The third kappa shape index (κ3) is 3.25. The minimum atomic E-state index is -0.305. The highest BCUT2D eigenvalue weighted by Gasteiger charge is 2.20. The molecule has 27 heavy (non-hydrogen) atoms. The Morgan fingerprint density at radius 3 is 2.52 bits per heavy atom. The first-order valence-electron chi connectivity index (χ1n) is 8.59. The minimum absolute atomic E-state index is 0.0662. The molecule has 0 aliphatic heterocycles. The van der Waals surface area contributed by atoms with Crippen molar-refractivity contribution in [1.82, 2.24) is 15.1 Å². The maximum absolute atomic E-state index is 12.7. The van der Waals surface area contributed by atoms with Crippen molar-refractivity contribution in [1.29, 1.82) is 0 Å². The molecule has 2 N–H and O–H groups in total. The normalized spacial score (nSPS) is 10.9. The lowest BCUT2D eigenvalue weighted by molar-refractivity contribution is -0.116. The van der Waals surface area contributed by atoms with Gasteiger partial charge in [-0.2, -0.15) is 5.10 Å². The molecule has 0 atom stereocenters. The Labute approximate surface area is 155 Å². The number of fused-ring (bicyclic) bond motifs is 2. The van der Waals surface area contributed by atoms with E-state index in [9.17, 15) is 9.59 Å². The number of H-pyrrole nitrogens is 1. The number of amides is 2. The number of aromatic amines is 1. The summed E-state index contributed by atoms with van der Waals surface area (Å²) in [5.74, 6) is -0.567. The van der Waals surface area contributed by atoms with Gasteiger partial charge in [0.25, 0.3) is 5.91 Å². The average Bonchev–Trinajstić information content (AvgIpc) is 3.11. The molecule has 6 heteroatoms. The zero-order valence-corrected chi connectivity index (χ0v) is 14.8. The number of hydrogen-bond donors (Lipinski definition) is 2. The number of anilines is 1. The second kappa shape index (κ2) is 6.92. The lowest BCUT2D eigenvalue weighted by atomic mass is 10.1. The predicted octanol–water partition coefficient (Wildman–Crippen LogP) is 3.43. The van der Waals surface area contributed by atoms with Crippen LogP contribution in [-0.4, -0.2) is 40.5 Å². The predicted molar refractivity (Wildman–Crippen MR) is 106 cm³/mol.